The van der Waals surface area contributed by atoms with Gasteiger partial charge in [-0.2, -0.15) is 0 Å². The van der Waals surface area contributed by atoms with Crippen LogP contribution < -0.4 is 0 Å². The van der Waals surface area contributed by atoms with Gasteiger partial charge in [-0.25, -0.2) is 0 Å². The Morgan fingerprint density at radius 3 is 2.44 bits per heavy atom. The van der Waals surface area contributed by atoms with Crippen LogP contribution in [-0.2, 0) is 4.74 Å². The van der Waals surface area contributed by atoms with Crippen molar-refractivity contribution in [1.29, 1.82) is 0 Å². The molecule has 0 aromatic heterocycles. The lowest BCUT2D eigenvalue weighted by Gasteiger charge is -2.02. The fraction of sp³-hybridized carbons (Fsp3) is 0.0667. The highest BCUT2D eigenvalue weighted by Crippen LogP contribution is 2.07. The van der Waals surface area contributed by atoms with Crippen LogP contribution >= 0.6 is 0 Å². The molecule has 0 amide bonds. The van der Waals surface area contributed by atoms with E-state index in [1.54, 1.807) is 18.6 Å². The van der Waals surface area contributed by atoms with E-state index in [1.165, 1.54) is 0 Å². The third-order valence-corrected chi connectivity index (χ3v) is 2.19. The van der Waals surface area contributed by atoms with E-state index in [4.69, 9.17) is 4.74 Å². The Bertz CT molecular complexity index is 515. The van der Waals surface area contributed by atoms with Gasteiger partial charge in [0.05, 0.1) is 12.4 Å². The number of nitrogens with zero attached hydrogens (tertiary/aromatic N) is 2. The predicted octanol–water partition coefficient (Wildman–Crippen LogP) is 3.12. The van der Waals surface area contributed by atoms with E-state index in [2.05, 4.69) is 9.98 Å². The predicted molar refractivity (Wildman–Crippen MR) is 75.7 cm³/mol. The Kier molecular flexibility index (Phi) is 4.69. The van der Waals surface area contributed by atoms with Crippen molar-refractivity contribution in [3.8, 4) is 0 Å². The van der Waals surface area contributed by atoms with Crippen molar-refractivity contribution in [2.75, 3.05) is 6.61 Å². The fourth-order valence-electron chi connectivity index (χ4n) is 1.34. The molecule has 2 aliphatic rings. The summed E-state index contributed by atoms with van der Waals surface area (Å²) in [7, 11) is 0. The van der Waals surface area contributed by atoms with Crippen molar-refractivity contribution in [2.45, 2.75) is 0 Å². The average Bonchev–Trinajstić information content (AvgIpc) is 2.81. The van der Waals surface area contributed by atoms with Crippen LogP contribution in [0.2, 0.25) is 0 Å². The van der Waals surface area contributed by atoms with Crippen LogP contribution in [-0.4, -0.2) is 18.5 Å². The van der Waals surface area contributed by atoms with Crippen molar-refractivity contribution in [3.63, 3.8) is 0 Å². The van der Waals surface area contributed by atoms with E-state index in [1.807, 2.05) is 54.7 Å². The Labute approximate surface area is 107 Å². The molecule has 0 saturated heterocycles. The molecule has 2 heterocycles. The Hall–Kier alpha value is -2.42. The lowest BCUT2D eigenvalue weighted by Crippen LogP contribution is -2.04. The first-order chi connectivity index (χ1) is 8.97. The summed E-state index contributed by atoms with van der Waals surface area (Å²) in [6.07, 6.45) is 22.5. The van der Waals surface area contributed by atoms with E-state index < -0.39 is 0 Å². The maximum Gasteiger partial charge on any atom is 0.165 e. The molecule has 0 bridgehead atoms. The SMILES string of the molecule is C1=NC=C2OC\C=C/C=C\C=C/C=C\C=C/N=C12. The first-order valence-corrected chi connectivity index (χ1v) is 5.73. The van der Waals surface area contributed by atoms with Gasteiger partial charge in [0, 0.05) is 6.20 Å². The van der Waals surface area contributed by atoms with Gasteiger partial charge in [0.2, 0.25) is 0 Å². The average molecular weight is 238 g/mol. The molecule has 0 N–H and O–H groups in total. The van der Waals surface area contributed by atoms with Crippen molar-refractivity contribution < 1.29 is 4.74 Å². The van der Waals surface area contributed by atoms with Gasteiger partial charge in [-0.1, -0.05) is 42.5 Å². The van der Waals surface area contributed by atoms with Gasteiger partial charge in [0.15, 0.2) is 5.76 Å². The third kappa shape index (κ3) is 3.87. The summed E-state index contributed by atoms with van der Waals surface area (Å²) < 4.78 is 5.56. The van der Waals surface area contributed by atoms with Crippen LogP contribution in [0, 0.1) is 0 Å². The normalized spacial score (nSPS) is 27.6. The minimum Gasteiger partial charge on any atom is -0.486 e. The maximum atomic E-state index is 5.56. The van der Waals surface area contributed by atoms with Crippen molar-refractivity contribution in [3.05, 3.63) is 72.8 Å². The largest absolute Gasteiger partial charge is 0.486 e. The maximum absolute atomic E-state index is 5.56. The second-order valence-electron chi connectivity index (χ2n) is 3.52. The van der Waals surface area contributed by atoms with E-state index in [9.17, 15) is 0 Å². The lowest BCUT2D eigenvalue weighted by molar-refractivity contribution is 0.270. The molecule has 0 unspecified atom stereocenters. The number of fused-ring (bicyclic) bond motifs is 1. The summed E-state index contributed by atoms with van der Waals surface area (Å²) in [5.41, 5.74) is 0.744. The molecule has 0 radical (unpaired) electrons. The van der Waals surface area contributed by atoms with Crippen LogP contribution in [0.15, 0.2) is 82.8 Å². The number of allylic oxidation sites excluding steroid dienone is 9. The summed E-state index contributed by atoms with van der Waals surface area (Å²) in [6, 6.07) is 0. The van der Waals surface area contributed by atoms with Crippen molar-refractivity contribution in [2.24, 2.45) is 9.98 Å². The highest BCUT2D eigenvalue weighted by atomic mass is 16.5. The van der Waals surface area contributed by atoms with E-state index in [-0.39, 0.29) is 0 Å². The minimum atomic E-state index is 0.504. The summed E-state index contributed by atoms with van der Waals surface area (Å²) in [6.45, 7) is 0.504. The summed E-state index contributed by atoms with van der Waals surface area (Å²) in [5.74, 6) is 0.699. The first-order valence-electron chi connectivity index (χ1n) is 5.73. The molecule has 0 fully saturated rings. The number of hydrogen-bond donors (Lipinski definition) is 0. The van der Waals surface area contributed by atoms with Gasteiger partial charge in [-0.15, -0.1) is 0 Å². The van der Waals surface area contributed by atoms with Gasteiger partial charge in [0.1, 0.15) is 12.3 Å². The van der Waals surface area contributed by atoms with Gasteiger partial charge in [-0.05, 0) is 12.2 Å². The van der Waals surface area contributed by atoms with Gasteiger partial charge in [-0.3, -0.25) is 9.98 Å². The zero-order chi connectivity index (χ0) is 12.5. The summed E-state index contributed by atoms with van der Waals surface area (Å²) >= 11 is 0. The topological polar surface area (TPSA) is 34.0 Å². The molecular weight excluding hydrogens is 224 g/mol. The molecule has 90 valence electrons. The molecule has 2 rings (SSSR count). The number of hydrogen-bond acceptors (Lipinski definition) is 3. The van der Waals surface area contributed by atoms with E-state index in [0.29, 0.717) is 12.4 Å². The number of aliphatic imine (C=N–C) groups is 2. The van der Waals surface area contributed by atoms with Crippen LogP contribution in [0.1, 0.15) is 0 Å². The van der Waals surface area contributed by atoms with E-state index in [0.717, 1.165) is 5.71 Å². The van der Waals surface area contributed by atoms with Gasteiger partial charge < -0.3 is 4.74 Å². The lowest BCUT2D eigenvalue weighted by atomic mass is 10.3. The fourth-order valence-corrected chi connectivity index (χ4v) is 1.34. The zero-order valence-corrected chi connectivity index (χ0v) is 9.94. The monoisotopic (exact) mass is 238 g/mol. The molecule has 0 aromatic rings. The quantitative estimate of drug-likeness (QED) is 0.638. The molecule has 0 aliphatic carbocycles. The molecule has 0 atom stereocenters. The molecule has 0 aromatic carbocycles. The zero-order valence-electron chi connectivity index (χ0n) is 9.94. The Morgan fingerprint density at radius 2 is 1.61 bits per heavy atom. The van der Waals surface area contributed by atoms with Crippen molar-refractivity contribution >= 4 is 11.9 Å². The number of ether oxygens (including phenoxy) is 1. The third-order valence-electron chi connectivity index (χ3n) is 2.19. The molecule has 3 heteroatoms. The van der Waals surface area contributed by atoms with Gasteiger partial charge >= 0.3 is 0 Å². The molecule has 0 saturated carbocycles. The molecular formula is C15H14N2O. The molecule has 2 aliphatic heterocycles. The van der Waals surface area contributed by atoms with Crippen LogP contribution in [0.5, 0.6) is 0 Å². The Morgan fingerprint density at radius 1 is 0.889 bits per heavy atom. The molecule has 18 heavy (non-hydrogen) atoms. The molecule has 0 spiro atoms. The number of rotatable bonds is 0. The van der Waals surface area contributed by atoms with Gasteiger partial charge in [0.25, 0.3) is 0 Å². The van der Waals surface area contributed by atoms with Crippen LogP contribution in [0.25, 0.3) is 0 Å². The second-order valence-corrected chi connectivity index (χ2v) is 3.52. The van der Waals surface area contributed by atoms with Crippen molar-refractivity contribution in [1.82, 2.24) is 0 Å². The van der Waals surface area contributed by atoms with E-state index >= 15 is 0 Å². The summed E-state index contributed by atoms with van der Waals surface area (Å²) in [4.78, 5) is 8.30. The first kappa shape index (κ1) is 12.0. The molecule has 3 nitrogen and oxygen atoms in total. The standard InChI is InChI=1S/C15H14N2O/c1-2-4-6-8-10-17-14-12-16-13-15(14)18-11-9-7-5-3-1/h1-10,12-13H,11H2/b2-1-,5-3-,6-4-,9-7-,10-8-,17-14?. The van der Waals surface area contributed by atoms with Crippen LogP contribution in [0.3, 0.4) is 0 Å². The second kappa shape index (κ2) is 7.01. The highest BCUT2D eigenvalue weighted by Gasteiger charge is 2.09. The highest BCUT2D eigenvalue weighted by molar-refractivity contribution is 6.39. The van der Waals surface area contributed by atoms with Crippen LogP contribution in [0.4, 0.5) is 0 Å². The Balaban J connectivity index is 2.12. The summed E-state index contributed by atoms with van der Waals surface area (Å²) in [5, 5.41) is 0. The smallest absolute Gasteiger partial charge is 0.165 e. The minimum absolute atomic E-state index is 0.504.